The van der Waals surface area contributed by atoms with Crippen LogP contribution in [-0.2, 0) is 6.42 Å². The van der Waals surface area contributed by atoms with Gasteiger partial charge in [-0.1, -0.05) is 17.7 Å². The molecule has 0 amide bonds. The Morgan fingerprint density at radius 3 is 2.72 bits per heavy atom. The maximum absolute atomic E-state index is 13.3. The summed E-state index contributed by atoms with van der Waals surface area (Å²) in [6.07, 6.45) is -0.249. The molecule has 5 heteroatoms. The zero-order chi connectivity index (χ0) is 13.3. The van der Waals surface area contributed by atoms with Gasteiger partial charge in [0, 0.05) is 11.3 Å². The molecule has 96 valence electrons. The zero-order valence-electron chi connectivity index (χ0n) is 9.58. The molecular weight excluding hydrogens is 339 g/mol. The Bertz CT molecular complexity index is 551. The van der Waals surface area contributed by atoms with Gasteiger partial charge in [-0.25, -0.2) is 4.39 Å². The van der Waals surface area contributed by atoms with Crippen LogP contribution in [0.4, 0.5) is 4.39 Å². The van der Waals surface area contributed by atoms with Gasteiger partial charge in [0.05, 0.1) is 14.9 Å². The summed E-state index contributed by atoms with van der Waals surface area (Å²) in [7, 11) is 0. The molecular formula is C13H11BrClFOS. The fraction of sp³-hybridized carbons (Fsp3) is 0.231. The average molecular weight is 350 g/mol. The van der Waals surface area contributed by atoms with Crippen molar-refractivity contribution >= 4 is 38.9 Å². The lowest BCUT2D eigenvalue weighted by molar-refractivity contribution is 0.182. The van der Waals surface area contributed by atoms with E-state index in [2.05, 4.69) is 15.9 Å². The Kier molecular flexibility index (Phi) is 4.43. The van der Waals surface area contributed by atoms with Crippen LogP contribution in [0.2, 0.25) is 5.02 Å². The van der Waals surface area contributed by atoms with Crippen molar-refractivity contribution < 1.29 is 9.50 Å². The average Bonchev–Trinajstić information content (AvgIpc) is 2.65. The summed E-state index contributed by atoms with van der Waals surface area (Å²) in [5, 5.41) is 10.2. The van der Waals surface area contributed by atoms with Gasteiger partial charge >= 0.3 is 0 Å². The lowest BCUT2D eigenvalue weighted by Gasteiger charge is -2.08. The standard InChI is InChI=1S/C13H11BrClFOS/c1-7-4-12(18-13(7)14)11(17)6-8-2-3-9(15)10(16)5-8/h2-5,11,17H,6H2,1H3. The SMILES string of the molecule is Cc1cc(C(O)Cc2ccc(Cl)c(F)c2)sc1Br. The molecule has 1 aromatic carbocycles. The molecule has 1 atom stereocenters. The zero-order valence-corrected chi connectivity index (χ0v) is 12.7. The van der Waals surface area contributed by atoms with E-state index in [4.69, 9.17) is 11.6 Å². The maximum Gasteiger partial charge on any atom is 0.142 e. The maximum atomic E-state index is 13.3. The van der Waals surface area contributed by atoms with Crippen LogP contribution < -0.4 is 0 Å². The quantitative estimate of drug-likeness (QED) is 0.836. The molecule has 0 aliphatic rings. The number of hydrogen-bond acceptors (Lipinski definition) is 2. The number of thiophene rings is 1. The van der Waals surface area contributed by atoms with Crippen molar-refractivity contribution in [2.75, 3.05) is 0 Å². The van der Waals surface area contributed by atoms with E-state index in [-0.39, 0.29) is 5.02 Å². The highest BCUT2D eigenvalue weighted by molar-refractivity contribution is 9.11. The van der Waals surface area contributed by atoms with E-state index in [0.29, 0.717) is 6.42 Å². The van der Waals surface area contributed by atoms with Crippen LogP contribution in [0.1, 0.15) is 22.1 Å². The number of rotatable bonds is 3. The molecule has 2 rings (SSSR count). The van der Waals surface area contributed by atoms with Gasteiger partial charge in [-0.3, -0.25) is 0 Å². The van der Waals surface area contributed by atoms with Crippen LogP contribution >= 0.6 is 38.9 Å². The van der Waals surface area contributed by atoms with Gasteiger partial charge in [-0.2, -0.15) is 0 Å². The second-order valence-corrected chi connectivity index (χ2v) is 6.88. The van der Waals surface area contributed by atoms with Crippen molar-refractivity contribution in [2.45, 2.75) is 19.4 Å². The van der Waals surface area contributed by atoms with E-state index in [9.17, 15) is 9.50 Å². The van der Waals surface area contributed by atoms with Gasteiger partial charge < -0.3 is 5.11 Å². The minimum absolute atomic E-state index is 0.1000. The molecule has 0 spiro atoms. The summed E-state index contributed by atoms with van der Waals surface area (Å²) in [6.45, 7) is 1.97. The molecule has 1 nitrogen and oxygen atoms in total. The number of hydrogen-bond donors (Lipinski definition) is 1. The van der Waals surface area contributed by atoms with Crippen LogP contribution in [0.3, 0.4) is 0 Å². The number of aryl methyl sites for hydroxylation is 1. The molecule has 0 saturated carbocycles. The van der Waals surface area contributed by atoms with E-state index in [1.807, 2.05) is 13.0 Å². The van der Waals surface area contributed by atoms with Crippen molar-refractivity contribution in [1.82, 2.24) is 0 Å². The first-order valence-electron chi connectivity index (χ1n) is 5.35. The van der Waals surface area contributed by atoms with E-state index >= 15 is 0 Å². The third-order valence-corrected chi connectivity index (χ3v) is 5.16. The number of benzene rings is 1. The summed E-state index contributed by atoms with van der Waals surface area (Å²) < 4.78 is 14.3. The minimum Gasteiger partial charge on any atom is -0.387 e. The van der Waals surface area contributed by atoms with Crippen LogP contribution in [0.25, 0.3) is 0 Å². The second-order valence-electron chi connectivity index (χ2n) is 4.07. The molecule has 0 radical (unpaired) electrons. The third-order valence-electron chi connectivity index (χ3n) is 2.62. The Hall–Kier alpha value is -0.420. The molecule has 1 heterocycles. The van der Waals surface area contributed by atoms with Gasteiger partial charge in [-0.05, 0) is 52.2 Å². The highest BCUT2D eigenvalue weighted by atomic mass is 79.9. The van der Waals surface area contributed by atoms with Crippen molar-refractivity contribution in [1.29, 1.82) is 0 Å². The summed E-state index contributed by atoms with van der Waals surface area (Å²) >= 11 is 10.5. The van der Waals surface area contributed by atoms with Crippen molar-refractivity contribution in [3.63, 3.8) is 0 Å². The number of aliphatic hydroxyl groups is 1. The predicted octanol–water partition coefficient (Wildman–Crippen LogP) is 4.89. The van der Waals surface area contributed by atoms with Crippen LogP contribution in [0.15, 0.2) is 28.1 Å². The number of halogens is 3. The monoisotopic (exact) mass is 348 g/mol. The first-order valence-corrected chi connectivity index (χ1v) is 7.34. The van der Waals surface area contributed by atoms with Gasteiger partial charge in [-0.15, -0.1) is 11.3 Å². The summed E-state index contributed by atoms with van der Waals surface area (Å²) in [5.41, 5.74) is 1.82. The van der Waals surface area contributed by atoms with Crippen LogP contribution in [0.5, 0.6) is 0 Å². The van der Waals surface area contributed by atoms with Crippen LogP contribution in [-0.4, -0.2) is 5.11 Å². The highest BCUT2D eigenvalue weighted by Crippen LogP contribution is 2.33. The molecule has 0 fully saturated rings. The molecule has 0 aliphatic heterocycles. The molecule has 0 saturated heterocycles. The van der Waals surface area contributed by atoms with Crippen molar-refractivity contribution in [3.05, 3.63) is 54.9 Å². The molecule has 0 bridgehead atoms. The largest absolute Gasteiger partial charge is 0.387 e. The molecule has 1 aromatic heterocycles. The molecule has 0 aliphatic carbocycles. The fourth-order valence-corrected chi connectivity index (χ4v) is 3.31. The lowest BCUT2D eigenvalue weighted by Crippen LogP contribution is -2.00. The lowest BCUT2D eigenvalue weighted by atomic mass is 10.1. The Labute approximate surface area is 122 Å². The van der Waals surface area contributed by atoms with Gasteiger partial charge in [0.2, 0.25) is 0 Å². The fourth-order valence-electron chi connectivity index (χ4n) is 1.64. The molecule has 18 heavy (non-hydrogen) atoms. The van der Waals surface area contributed by atoms with Gasteiger partial charge in [0.15, 0.2) is 0 Å². The predicted molar refractivity (Wildman–Crippen MR) is 76.8 cm³/mol. The van der Waals surface area contributed by atoms with E-state index in [0.717, 1.165) is 19.8 Å². The first-order chi connectivity index (χ1) is 8.47. The van der Waals surface area contributed by atoms with Gasteiger partial charge in [0.1, 0.15) is 5.82 Å². The van der Waals surface area contributed by atoms with Crippen LogP contribution in [0, 0.1) is 12.7 Å². The normalized spacial score (nSPS) is 12.7. The summed E-state index contributed by atoms with van der Waals surface area (Å²) in [4.78, 5) is 0.870. The highest BCUT2D eigenvalue weighted by Gasteiger charge is 2.14. The van der Waals surface area contributed by atoms with Crippen molar-refractivity contribution in [2.24, 2.45) is 0 Å². The van der Waals surface area contributed by atoms with Gasteiger partial charge in [0.25, 0.3) is 0 Å². The Morgan fingerprint density at radius 2 is 2.17 bits per heavy atom. The van der Waals surface area contributed by atoms with E-state index < -0.39 is 11.9 Å². The molecule has 1 unspecified atom stereocenters. The van der Waals surface area contributed by atoms with Crippen molar-refractivity contribution in [3.8, 4) is 0 Å². The van der Waals surface area contributed by atoms with E-state index in [1.54, 1.807) is 6.07 Å². The third kappa shape index (κ3) is 3.12. The summed E-state index contributed by atoms with van der Waals surface area (Å²) in [5.74, 6) is -0.454. The minimum atomic E-state index is -0.624. The first kappa shape index (κ1) is 14.0. The topological polar surface area (TPSA) is 20.2 Å². The Balaban J connectivity index is 2.15. The molecule has 2 aromatic rings. The number of aliphatic hydroxyl groups excluding tert-OH is 1. The Morgan fingerprint density at radius 1 is 1.44 bits per heavy atom. The van der Waals surface area contributed by atoms with E-state index in [1.165, 1.54) is 23.5 Å². The smallest absolute Gasteiger partial charge is 0.142 e. The second kappa shape index (κ2) is 5.70. The summed E-state index contributed by atoms with van der Waals surface area (Å²) in [6, 6.07) is 6.53. The molecule has 1 N–H and O–H groups in total.